The van der Waals surface area contributed by atoms with Crippen molar-refractivity contribution < 1.29 is 19.1 Å². The number of aliphatic imine (C=N–C) groups is 1. The maximum atomic E-state index is 12.1. The second-order valence-corrected chi connectivity index (χ2v) is 5.83. The van der Waals surface area contributed by atoms with Gasteiger partial charge in [0.2, 0.25) is 5.90 Å². The minimum Gasteiger partial charge on any atom is -0.465 e. The van der Waals surface area contributed by atoms with E-state index in [2.05, 4.69) is 9.73 Å². The molecule has 1 aliphatic heterocycles. The summed E-state index contributed by atoms with van der Waals surface area (Å²) in [6.45, 7) is 3.96. The molecule has 0 radical (unpaired) electrons. The summed E-state index contributed by atoms with van der Waals surface area (Å²) >= 11 is 0. The van der Waals surface area contributed by atoms with Gasteiger partial charge in [-0.05, 0) is 49.8 Å². The van der Waals surface area contributed by atoms with E-state index in [-0.39, 0.29) is 5.70 Å². The number of carbonyl (C=O) groups is 2. The van der Waals surface area contributed by atoms with E-state index in [4.69, 9.17) is 4.74 Å². The second-order valence-electron chi connectivity index (χ2n) is 5.83. The summed E-state index contributed by atoms with van der Waals surface area (Å²) in [4.78, 5) is 27.8. The smallest absolute Gasteiger partial charge is 0.363 e. The molecule has 5 nitrogen and oxygen atoms in total. The lowest BCUT2D eigenvalue weighted by Crippen LogP contribution is -2.06. The Morgan fingerprint density at radius 1 is 1.08 bits per heavy atom. The van der Waals surface area contributed by atoms with Gasteiger partial charge in [0.1, 0.15) is 0 Å². The minimum atomic E-state index is -0.494. The van der Waals surface area contributed by atoms with Gasteiger partial charge in [0.15, 0.2) is 5.70 Å². The number of rotatable bonds is 3. The van der Waals surface area contributed by atoms with Crippen molar-refractivity contribution in [2.45, 2.75) is 13.8 Å². The Bertz CT molecular complexity index is 888. The van der Waals surface area contributed by atoms with Crippen LogP contribution >= 0.6 is 0 Å². The van der Waals surface area contributed by atoms with Crippen LogP contribution < -0.4 is 0 Å². The fraction of sp³-hybridized carbons (Fsp3) is 0.150. The van der Waals surface area contributed by atoms with Crippen LogP contribution in [-0.4, -0.2) is 24.9 Å². The van der Waals surface area contributed by atoms with Gasteiger partial charge in [-0.2, -0.15) is 0 Å². The predicted molar refractivity (Wildman–Crippen MR) is 94.3 cm³/mol. The lowest BCUT2D eigenvalue weighted by molar-refractivity contribution is -0.129. The van der Waals surface area contributed by atoms with Gasteiger partial charge in [-0.25, -0.2) is 14.6 Å². The Kier molecular flexibility index (Phi) is 4.48. The average Bonchev–Trinajstić information content (AvgIpc) is 2.95. The predicted octanol–water partition coefficient (Wildman–Crippen LogP) is 3.43. The highest BCUT2D eigenvalue weighted by Crippen LogP contribution is 2.21. The molecular weight excluding hydrogens is 318 g/mol. The molecule has 2 aromatic carbocycles. The molecule has 0 saturated carbocycles. The van der Waals surface area contributed by atoms with E-state index in [9.17, 15) is 9.59 Å². The van der Waals surface area contributed by atoms with Gasteiger partial charge in [0, 0.05) is 5.56 Å². The molecule has 2 aromatic rings. The van der Waals surface area contributed by atoms with Gasteiger partial charge >= 0.3 is 11.9 Å². The van der Waals surface area contributed by atoms with Crippen molar-refractivity contribution >= 4 is 23.9 Å². The molecule has 5 heteroatoms. The minimum absolute atomic E-state index is 0.222. The SMILES string of the molecule is COC(=O)c1ccc(/C=C2\N=C(c3cc(C)cc(C)c3)OC2=O)cc1. The molecule has 25 heavy (non-hydrogen) atoms. The molecule has 126 valence electrons. The number of hydrogen-bond acceptors (Lipinski definition) is 5. The van der Waals surface area contributed by atoms with E-state index in [1.165, 1.54) is 7.11 Å². The summed E-state index contributed by atoms with van der Waals surface area (Å²) in [5.41, 5.74) is 4.33. The summed E-state index contributed by atoms with van der Waals surface area (Å²) < 4.78 is 9.95. The molecule has 0 amide bonds. The molecule has 0 aromatic heterocycles. The van der Waals surface area contributed by atoms with Crippen molar-refractivity contribution in [3.63, 3.8) is 0 Å². The van der Waals surface area contributed by atoms with Crippen LogP contribution in [0.15, 0.2) is 53.2 Å². The lowest BCUT2D eigenvalue weighted by atomic mass is 10.1. The first-order valence-corrected chi connectivity index (χ1v) is 7.76. The first-order valence-electron chi connectivity index (χ1n) is 7.76. The van der Waals surface area contributed by atoms with Crippen LogP contribution in [0.4, 0.5) is 0 Å². The number of esters is 2. The normalized spacial score (nSPS) is 15.1. The number of methoxy groups -OCH3 is 1. The first kappa shape index (κ1) is 16.6. The van der Waals surface area contributed by atoms with Crippen LogP contribution in [0.3, 0.4) is 0 Å². The van der Waals surface area contributed by atoms with Crippen molar-refractivity contribution in [3.8, 4) is 0 Å². The van der Waals surface area contributed by atoms with Gasteiger partial charge in [0.25, 0.3) is 0 Å². The van der Waals surface area contributed by atoms with Crippen LogP contribution in [0, 0.1) is 13.8 Å². The van der Waals surface area contributed by atoms with Gasteiger partial charge in [-0.1, -0.05) is 29.3 Å². The summed E-state index contributed by atoms with van der Waals surface area (Å²) in [5, 5.41) is 0. The van der Waals surface area contributed by atoms with E-state index >= 15 is 0 Å². The molecule has 0 atom stereocenters. The lowest BCUT2D eigenvalue weighted by Gasteiger charge is -2.03. The number of benzene rings is 2. The topological polar surface area (TPSA) is 65.0 Å². The van der Waals surface area contributed by atoms with Crippen molar-refractivity contribution in [1.82, 2.24) is 0 Å². The number of nitrogens with zero attached hydrogens (tertiary/aromatic N) is 1. The third-order valence-corrected chi connectivity index (χ3v) is 3.72. The monoisotopic (exact) mass is 335 g/mol. The Labute approximate surface area is 145 Å². The van der Waals surface area contributed by atoms with Gasteiger partial charge in [0.05, 0.1) is 12.7 Å². The Balaban J connectivity index is 1.89. The zero-order chi connectivity index (χ0) is 18.0. The summed E-state index contributed by atoms with van der Waals surface area (Å²) in [7, 11) is 1.33. The fourth-order valence-electron chi connectivity index (χ4n) is 2.62. The highest BCUT2D eigenvalue weighted by molar-refractivity contribution is 6.13. The van der Waals surface area contributed by atoms with Crippen LogP contribution in [0.5, 0.6) is 0 Å². The Hall–Kier alpha value is -3.21. The van der Waals surface area contributed by atoms with Crippen molar-refractivity contribution in [3.05, 3.63) is 76.0 Å². The number of aryl methyl sites for hydroxylation is 2. The maximum Gasteiger partial charge on any atom is 0.363 e. The third-order valence-electron chi connectivity index (χ3n) is 3.72. The van der Waals surface area contributed by atoms with E-state index in [1.807, 2.05) is 32.0 Å². The molecule has 0 spiro atoms. The number of hydrogen-bond donors (Lipinski definition) is 0. The number of cyclic esters (lactones) is 1. The van der Waals surface area contributed by atoms with E-state index in [0.717, 1.165) is 22.3 Å². The van der Waals surface area contributed by atoms with Crippen LogP contribution in [-0.2, 0) is 14.3 Å². The van der Waals surface area contributed by atoms with Gasteiger partial charge < -0.3 is 9.47 Å². The van der Waals surface area contributed by atoms with E-state index in [1.54, 1.807) is 30.3 Å². The molecule has 0 aliphatic carbocycles. The molecule has 1 heterocycles. The molecule has 0 saturated heterocycles. The van der Waals surface area contributed by atoms with Crippen LogP contribution in [0.2, 0.25) is 0 Å². The van der Waals surface area contributed by atoms with Crippen molar-refractivity contribution in [1.29, 1.82) is 0 Å². The zero-order valence-electron chi connectivity index (χ0n) is 14.2. The largest absolute Gasteiger partial charge is 0.465 e. The Morgan fingerprint density at radius 3 is 2.32 bits per heavy atom. The highest BCUT2D eigenvalue weighted by atomic mass is 16.6. The molecule has 0 bridgehead atoms. The third kappa shape index (κ3) is 3.66. The van der Waals surface area contributed by atoms with E-state index < -0.39 is 11.9 Å². The van der Waals surface area contributed by atoms with Crippen molar-refractivity contribution in [2.24, 2.45) is 4.99 Å². The van der Waals surface area contributed by atoms with E-state index in [0.29, 0.717) is 11.5 Å². The number of carbonyl (C=O) groups excluding carboxylic acids is 2. The fourth-order valence-corrected chi connectivity index (χ4v) is 2.62. The quantitative estimate of drug-likeness (QED) is 0.637. The standard InChI is InChI=1S/C20H17NO4/c1-12-8-13(2)10-16(9-12)18-21-17(20(23)25-18)11-14-4-6-15(7-5-14)19(22)24-3/h4-11H,1-3H3/b17-11-. The first-order chi connectivity index (χ1) is 12.0. The van der Waals surface area contributed by atoms with Crippen molar-refractivity contribution in [2.75, 3.05) is 7.11 Å². The second kappa shape index (κ2) is 6.73. The summed E-state index contributed by atoms with van der Waals surface area (Å²) in [5.74, 6) is -0.602. The molecule has 0 N–H and O–H groups in total. The van der Waals surface area contributed by atoms with Crippen LogP contribution in [0.1, 0.15) is 32.6 Å². The molecular formula is C20H17NO4. The van der Waals surface area contributed by atoms with Gasteiger partial charge in [-0.3, -0.25) is 0 Å². The molecule has 0 fully saturated rings. The highest BCUT2D eigenvalue weighted by Gasteiger charge is 2.24. The molecule has 1 aliphatic rings. The maximum absolute atomic E-state index is 12.1. The average molecular weight is 335 g/mol. The summed E-state index contributed by atoms with van der Waals surface area (Å²) in [6.07, 6.45) is 1.62. The Morgan fingerprint density at radius 2 is 1.72 bits per heavy atom. The summed E-state index contributed by atoms with van der Waals surface area (Å²) in [6, 6.07) is 12.6. The number of ether oxygens (including phenoxy) is 2. The zero-order valence-corrected chi connectivity index (χ0v) is 14.2. The molecule has 0 unspecified atom stereocenters. The van der Waals surface area contributed by atoms with Gasteiger partial charge in [-0.15, -0.1) is 0 Å². The molecule has 3 rings (SSSR count). The van der Waals surface area contributed by atoms with Crippen LogP contribution in [0.25, 0.3) is 6.08 Å².